The third-order valence-corrected chi connectivity index (χ3v) is 5.19. The third kappa shape index (κ3) is 4.28. The third-order valence-electron chi connectivity index (χ3n) is 5.19. The second-order valence-corrected chi connectivity index (χ2v) is 7.19. The molecular formula is C23H20FN5O. The van der Waals surface area contributed by atoms with Crippen LogP contribution in [0.15, 0.2) is 60.8 Å². The molecule has 1 saturated heterocycles. The molecule has 7 heteroatoms. The number of rotatable bonds is 4. The molecule has 6 nitrogen and oxygen atoms in total. The predicted octanol–water partition coefficient (Wildman–Crippen LogP) is 4.25. The first-order valence-corrected chi connectivity index (χ1v) is 9.78. The summed E-state index contributed by atoms with van der Waals surface area (Å²) in [5.74, 6) is -0.0234. The summed E-state index contributed by atoms with van der Waals surface area (Å²) in [6, 6.07) is 16.9. The van der Waals surface area contributed by atoms with E-state index in [4.69, 9.17) is 5.26 Å². The van der Waals surface area contributed by atoms with Crippen LogP contribution in [-0.2, 0) is 0 Å². The molecule has 30 heavy (non-hydrogen) atoms. The molecule has 0 aliphatic carbocycles. The smallest absolute Gasteiger partial charge is 0.253 e. The standard InChI is InChI=1S/C23H20FN5O/c24-19-5-1-2-6-21(19)28-23-26-12-11-20(27-23)18-4-3-13-29(15-18)22(30)17-9-7-16(14-25)8-10-17/h1-2,5-12,18H,3-4,13,15H2,(H,26,27,28). The zero-order chi connectivity index (χ0) is 20.9. The van der Waals surface area contributed by atoms with Crippen molar-refractivity contribution in [3.63, 3.8) is 0 Å². The second-order valence-electron chi connectivity index (χ2n) is 7.19. The number of likely N-dealkylation sites (tertiary alicyclic amines) is 1. The highest BCUT2D eigenvalue weighted by Gasteiger charge is 2.26. The van der Waals surface area contributed by atoms with Crippen molar-refractivity contribution in [3.05, 3.63) is 83.4 Å². The van der Waals surface area contributed by atoms with Gasteiger partial charge in [-0.05, 0) is 55.3 Å². The Bertz CT molecular complexity index is 1090. The Morgan fingerprint density at radius 1 is 1.17 bits per heavy atom. The molecule has 1 amide bonds. The van der Waals surface area contributed by atoms with Gasteiger partial charge >= 0.3 is 0 Å². The highest BCUT2D eigenvalue weighted by atomic mass is 19.1. The zero-order valence-electron chi connectivity index (χ0n) is 16.3. The maximum absolute atomic E-state index is 13.9. The number of nitrogens with one attached hydrogen (secondary N) is 1. The summed E-state index contributed by atoms with van der Waals surface area (Å²) in [5.41, 5.74) is 2.23. The molecule has 150 valence electrons. The number of nitrogens with zero attached hydrogens (tertiary/aromatic N) is 4. The van der Waals surface area contributed by atoms with Crippen LogP contribution >= 0.6 is 0 Å². The first-order valence-electron chi connectivity index (χ1n) is 9.78. The normalized spacial score (nSPS) is 16.0. The van der Waals surface area contributed by atoms with Gasteiger partial charge in [-0.3, -0.25) is 4.79 Å². The van der Waals surface area contributed by atoms with E-state index in [1.54, 1.807) is 48.7 Å². The molecule has 1 atom stereocenters. The van der Waals surface area contributed by atoms with Crippen LogP contribution in [0, 0.1) is 17.1 Å². The van der Waals surface area contributed by atoms with Gasteiger partial charge in [-0.25, -0.2) is 14.4 Å². The van der Waals surface area contributed by atoms with Crippen LogP contribution in [0.3, 0.4) is 0 Å². The number of piperidine rings is 1. The average molecular weight is 401 g/mol. The number of aromatic nitrogens is 2. The summed E-state index contributed by atoms with van der Waals surface area (Å²) in [5, 5.41) is 11.8. The van der Waals surface area contributed by atoms with E-state index in [1.807, 2.05) is 11.0 Å². The van der Waals surface area contributed by atoms with Gasteiger partial charge in [0.2, 0.25) is 5.95 Å². The largest absolute Gasteiger partial charge is 0.338 e. The van der Waals surface area contributed by atoms with Gasteiger partial charge in [0.05, 0.1) is 23.0 Å². The number of carbonyl (C=O) groups is 1. The minimum absolute atomic E-state index is 0.0528. The Morgan fingerprint density at radius 3 is 2.73 bits per heavy atom. The maximum Gasteiger partial charge on any atom is 0.253 e. The van der Waals surface area contributed by atoms with E-state index < -0.39 is 0 Å². The number of amides is 1. The number of para-hydroxylation sites is 1. The first kappa shape index (κ1) is 19.5. The van der Waals surface area contributed by atoms with Crippen molar-refractivity contribution in [2.45, 2.75) is 18.8 Å². The van der Waals surface area contributed by atoms with Crippen molar-refractivity contribution in [1.29, 1.82) is 5.26 Å². The Balaban J connectivity index is 1.48. The molecule has 3 aromatic rings. The van der Waals surface area contributed by atoms with E-state index in [2.05, 4.69) is 21.4 Å². The van der Waals surface area contributed by atoms with Gasteiger partial charge < -0.3 is 10.2 Å². The van der Waals surface area contributed by atoms with Gasteiger partial charge in [-0.1, -0.05) is 12.1 Å². The van der Waals surface area contributed by atoms with Crippen molar-refractivity contribution in [1.82, 2.24) is 14.9 Å². The number of carbonyl (C=O) groups excluding carboxylic acids is 1. The monoisotopic (exact) mass is 401 g/mol. The minimum Gasteiger partial charge on any atom is -0.338 e. The van der Waals surface area contributed by atoms with Gasteiger partial charge in [0.1, 0.15) is 5.82 Å². The van der Waals surface area contributed by atoms with Crippen LogP contribution in [0.1, 0.15) is 40.4 Å². The van der Waals surface area contributed by atoms with Gasteiger partial charge in [0.15, 0.2) is 0 Å². The van der Waals surface area contributed by atoms with Crippen LogP contribution in [0.4, 0.5) is 16.0 Å². The predicted molar refractivity (Wildman–Crippen MR) is 111 cm³/mol. The number of anilines is 2. The van der Waals surface area contributed by atoms with Crippen molar-refractivity contribution in [2.24, 2.45) is 0 Å². The lowest BCUT2D eigenvalue weighted by Gasteiger charge is -2.32. The van der Waals surface area contributed by atoms with Gasteiger partial charge in [-0.2, -0.15) is 5.26 Å². The average Bonchev–Trinajstić information content (AvgIpc) is 2.80. The van der Waals surface area contributed by atoms with Crippen LogP contribution in [-0.4, -0.2) is 33.9 Å². The van der Waals surface area contributed by atoms with Crippen LogP contribution in [0.5, 0.6) is 0 Å². The minimum atomic E-state index is -0.372. The SMILES string of the molecule is N#Cc1ccc(C(=O)N2CCCC(c3ccnc(Nc4ccccc4F)n3)C2)cc1. The van der Waals surface area contributed by atoms with Crippen LogP contribution in [0.25, 0.3) is 0 Å². The fourth-order valence-electron chi connectivity index (χ4n) is 3.62. The number of hydrogen-bond acceptors (Lipinski definition) is 5. The fraction of sp³-hybridized carbons (Fsp3) is 0.217. The molecule has 1 N–H and O–H groups in total. The van der Waals surface area contributed by atoms with E-state index in [0.717, 1.165) is 18.5 Å². The maximum atomic E-state index is 13.9. The lowest BCUT2D eigenvalue weighted by molar-refractivity contribution is 0.0706. The Morgan fingerprint density at radius 2 is 1.97 bits per heavy atom. The quantitative estimate of drug-likeness (QED) is 0.707. The van der Waals surface area contributed by atoms with Crippen molar-refractivity contribution in [2.75, 3.05) is 18.4 Å². The topological polar surface area (TPSA) is 81.9 Å². The molecule has 1 aliphatic rings. The Labute approximate surface area is 174 Å². The molecule has 4 rings (SSSR count). The molecule has 0 bridgehead atoms. The number of hydrogen-bond donors (Lipinski definition) is 1. The summed E-state index contributed by atoms with van der Waals surface area (Å²) < 4.78 is 13.9. The summed E-state index contributed by atoms with van der Waals surface area (Å²) in [6.07, 6.45) is 3.42. The Kier molecular flexibility index (Phi) is 5.66. The number of benzene rings is 2. The Hall–Kier alpha value is -3.79. The molecule has 2 heterocycles. The molecular weight excluding hydrogens is 381 g/mol. The van der Waals surface area contributed by atoms with Gasteiger partial charge in [-0.15, -0.1) is 0 Å². The fourth-order valence-corrected chi connectivity index (χ4v) is 3.62. The second kappa shape index (κ2) is 8.70. The molecule has 0 spiro atoms. The summed E-state index contributed by atoms with van der Waals surface area (Å²) in [6.45, 7) is 1.23. The zero-order valence-corrected chi connectivity index (χ0v) is 16.3. The van der Waals surface area contributed by atoms with Crippen molar-refractivity contribution in [3.8, 4) is 6.07 Å². The summed E-state index contributed by atoms with van der Waals surface area (Å²) >= 11 is 0. The van der Waals surface area contributed by atoms with Gasteiger partial charge in [0.25, 0.3) is 5.91 Å². The van der Waals surface area contributed by atoms with Crippen LogP contribution in [0.2, 0.25) is 0 Å². The van der Waals surface area contributed by atoms with Gasteiger partial charge in [0, 0.05) is 30.8 Å². The molecule has 2 aromatic carbocycles. The van der Waals surface area contributed by atoms with E-state index in [-0.39, 0.29) is 17.6 Å². The molecule has 1 aromatic heterocycles. The van der Waals surface area contributed by atoms with E-state index >= 15 is 0 Å². The first-order chi connectivity index (χ1) is 14.6. The number of halogens is 1. The van der Waals surface area contributed by atoms with E-state index in [9.17, 15) is 9.18 Å². The molecule has 1 fully saturated rings. The van der Waals surface area contributed by atoms with Crippen LogP contribution < -0.4 is 5.32 Å². The lowest BCUT2D eigenvalue weighted by atomic mass is 9.94. The lowest BCUT2D eigenvalue weighted by Crippen LogP contribution is -2.39. The molecule has 1 aliphatic heterocycles. The highest BCUT2D eigenvalue weighted by Crippen LogP contribution is 2.27. The van der Waals surface area contributed by atoms with E-state index in [0.29, 0.717) is 35.9 Å². The molecule has 0 radical (unpaired) electrons. The molecule has 1 unspecified atom stereocenters. The van der Waals surface area contributed by atoms with Crippen molar-refractivity contribution < 1.29 is 9.18 Å². The van der Waals surface area contributed by atoms with Crippen molar-refractivity contribution >= 4 is 17.5 Å². The number of nitriles is 1. The van der Waals surface area contributed by atoms with E-state index in [1.165, 1.54) is 6.07 Å². The molecule has 0 saturated carbocycles. The summed E-state index contributed by atoms with van der Waals surface area (Å²) in [4.78, 5) is 23.5. The summed E-state index contributed by atoms with van der Waals surface area (Å²) in [7, 11) is 0. The highest BCUT2D eigenvalue weighted by molar-refractivity contribution is 5.94.